The molecule has 1 N–H and O–H groups in total. The lowest BCUT2D eigenvalue weighted by Crippen LogP contribution is -2.34. The summed E-state index contributed by atoms with van der Waals surface area (Å²) in [6.07, 6.45) is 0. The van der Waals surface area contributed by atoms with Gasteiger partial charge in [-0.15, -0.1) is 0 Å². The van der Waals surface area contributed by atoms with E-state index in [1.54, 1.807) is 0 Å². The fourth-order valence-corrected chi connectivity index (χ4v) is 2.48. The molecule has 0 radical (unpaired) electrons. The molecule has 2 aromatic rings. The van der Waals surface area contributed by atoms with Crippen molar-refractivity contribution in [3.05, 3.63) is 65.7 Å². The smallest absolute Gasteiger partial charge is 0.251 e. The Balaban J connectivity index is 2.01. The molecule has 0 fully saturated rings. The van der Waals surface area contributed by atoms with Crippen molar-refractivity contribution in [1.29, 1.82) is 0 Å². The van der Waals surface area contributed by atoms with Gasteiger partial charge in [0.15, 0.2) is 0 Å². The summed E-state index contributed by atoms with van der Waals surface area (Å²) >= 11 is 0. The van der Waals surface area contributed by atoms with Gasteiger partial charge in [-0.05, 0) is 43.9 Å². The van der Waals surface area contributed by atoms with Crippen LogP contribution in [0.4, 0.5) is 5.69 Å². The molecule has 1 atom stereocenters. The highest BCUT2D eigenvalue weighted by molar-refractivity contribution is 5.94. The number of hydrogen-bond acceptors (Lipinski definition) is 3. The normalized spacial score (nSPS) is 12.0. The van der Waals surface area contributed by atoms with E-state index in [4.69, 9.17) is 0 Å². The van der Waals surface area contributed by atoms with Gasteiger partial charge in [-0.25, -0.2) is 0 Å². The molecular weight excluding hydrogens is 286 g/mol. The molecule has 122 valence electrons. The van der Waals surface area contributed by atoms with Gasteiger partial charge < -0.3 is 15.1 Å². The third kappa shape index (κ3) is 4.57. The first-order valence-corrected chi connectivity index (χ1v) is 7.76. The summed E-state index contributed by atoms with van der Waals surface area (Å²) in [5.74, 6) is -0.0434. The SMILES string of the molecule is CN(C)c1ccc(C(=O)NC[C@H](c2ccccc2)N(C)C)cc1. The van der Waals surface area contributed by atoms with Crippen LogP contribution >= 0.6 is 0 Å². The highest BCUT2D eigenvalue weighted by atomic mass is 16.1. The number of carbonyl (C=O) groups is 1. The van der Waals surface area contributed by atoms with E-state index < -0.39 is 0 Å². The predicted molar refractivity (Wildman–Crippen MR) is 96.0 cm³/mol. The maximum absolute atomic E-state index is 12.3. The molecule has 0 aromatic heterocycles. The average molecular weight is 311 g/mol. The van der Waals surface area contributed by atoms with Crippen LogP contribution < -0.4 is 10.2 Å². The maximum Gasteiger partial charge on any atom is 0.251 e. The van der Waals surface area contributed by atoms with Crippen LogP contribution in [0.1, 0.15) is 22.0 Å². The summed E-state index contributed by atoms with van der Waals surface area (Å²) in [6, 6.07) is 18.0. The number of benzene rings is 2. The number of nitrogens with one attached hydrogen (secondary N) is 1. The number of nitrogens with zero attached hydrogens (tertiary/aromatic N) is 2. The minimum absolute atomic E-state index is 0.0434. The molecule has 0 heterocycles. The second kappa shape index (κ2) is 7.79. The van der Waals surface area contributed by atoms with Gasteiger partial charge in [0, 0.05) is 31.9 Å². The monoisotopic (exact) mass is 311 g/mol. The van der Waals surface area contributed by atoms with Crippen molar-refractivity contribution < 1.29 is 4.79 Å². The molecule has 2 rings (SSSR count). The third-order valence-corrected chi connectivity index (χ3v) is 3.91. The zero-order valence-corrected chi connectivity index (χ0v) is 14.3. The zero-order valence-electron chi connectivity index (χ0n) is 14.3. The van der Waals surface area contributed by atoms with Crippen LogP contribution in [0, 0.1) is 0 Å². The van der Waals surface area contributed by atoms with Gasteiger partial charge in [-0.3, -0.25) is 4.79 Å². The van der Waals surface area contributed by atoms with Gasteiger partial charge in [0.2, 0.25) is 0 Å². The highest BCUT2D eigenvalue weighted by Crippen LogP contribution is 2.17. The van der Waals surface area contributed by atoms with E-state index >= 15 is 0 Å². The molecule has 0 aliphatic carbocycles. The first-order chi connectivity index (χ1) is 11.0. The molecule has 0 aliphatic rings. The van der Waals surface area contributed by atoms with Crippen LogP contribution in [0.2, 0.25) is 0 Å². The second-order valence-corrected chi connectivity index (χ2v) is 6.04. The van der Waals surface area contributed by atoms with Gasteiger partial charge in [-0.1, -0.05) is 30.3 Å². The van der Waals surface area contributed by atoms with Gasteiger partial charge in [0.05, 0.1) is 6.04 Å². The topological polar surface area (TPSA) is 35.6 Å². The number of likely N-dealkylation sites (N-methyl/N-ethyl adjacent to an activating group) is 1. The Bertz CT molecular complexity index is 621. The van der Waals surface area contributed by atoms with Crippen LogP contribution in [0.15, 0.2) is 54.6 Å². The van der Waals surface area contributed by atoms with Gasteiger partial charge in [0.25, 0.3) is 5.91 Å². The fraction of sp³-hybridized carbons (Fsp3) is 0.316. The second-order valence-electron chi connectivity index (χ2n) is 6.04. The molecule has 2 aromatic carbocycles. The number of anilines is 1. The summed E-state index contributed by atoms with van der Waals surface area (Å²) in [5.41, 5.74) is 2.96. The Morgan fingerprint density at radius 3 is 2.09 bits per heavy atom. The van der Waals surface area contributed by atoms with Crippen LogP contribution in [-0.2, 0) is 0 Å². The Hall–Kier alpha value is -2.33. The standard InChI is InChI=1S/C19H25N3O/c1-21(2)17-12-10-16(11-13-17)19(23)20-14-18(22(3)4)15-8-6-5-7-9-15/h5-13,18H,14H2,1-4H3,(H,20,23)/t18-/m1/s1. The molecule has 0 unspecified atom stereocenters. The number of hydrogen-bond donors (Lipinski definition) is 1. The Morgan fingerprint density at radius 2 is 1.57 bits per heavy atom. The molecular formula is C19H25N3O. The average Bonchev–Trinajstić information content (AvgIpc) is 2.55. The molecule has 0 saturated carbocycles. The third-order valence-electron chi connectivity index (χ3n) is 3.91. The summed E-state index contributed by atoms with van der Waals surface area (Å²) in [7, 11) is 8.01. The highest BCUT2D eigenvalue weighted by Gasteiger charge is 2.15. The molecule has 4 heteroatoms. The number of amides is 1. The van der Waals surface area contributed by atoms with E-state index in [1.807, 2.05) is 75.6 Å². The van der Waals surface area contributed by atoms with Crippen molar-refractivity contribution in [2.75, 3.05) is 39.6 Å². The molecule has 1 amide bonds. The van der Waals surface area contributed by atoms with Gasteiger partial charge >= 0.3 is 0 Å². The van der Waals surface area contributed by atoms with Crippen molar-refractivity contribution in [1.82, 2.24) is 10.2 Å². The molecule has 23 heavy (non-hydrogen) atoms. The van der Waals surface area contributed by atoms with Crippen LogP contribution in [0.3, 0.4) is 0 Å². The summed E-state index contributed by atoms with van der Waals surface area (Å²) < 4.78 is 0. The summed E-state index contributed by atoms with van der Waals surface area (Å²) in [5, 5.41) is 3.03. The van der Waals surface area contributed by atoms with Gasteiger partial charge in [-0.2, -0.15) is 0 Å². The molecule has 4 nitrogen and oxygen atoms in total. The lowest BCUT2D eigenvalue weighted by Gasteiger charge is -2.25. The van der Waals surface area contributed by atoms with Crippen LogP contribution in [0.5, 0.6) is 0 Å². The van der Waals surface area contributed by atoms with Crippen molar-refractivity contribution in [2.24, 2.45) is 0 Å². The largest absolute Gasteiger partial charge is 0.378 e. The minimum atomic E-state index is -0.0434. The van der Waals surface area contributed by atoms with Crippen molar-refractivity contribution >= 4 is 11.6 Å². The van der Waals surface area contributed by atoms with Crippen molar-refractivity contribution in [2.45, 2.75) is 6.04 Å². The lowest BCUT2D eigenvalue weighted by atomic mass is 10.1. The van der Waals surface area contributed by atoms with E-state index in [9.17, 15) is 4.79 Å². The minimum Gasteiger partial charge on any atom is -0.378 e. The fourth-order valence-electron chi connectivity index (χ4n) is 2.48. The van der Waals surface area contributed by atoms with Crippen LogP contribution in [0.25, 0.3) is 0 Å². The Labute approximate surface area is 138 Å². The molecule has 0 saturated heterocycles. The van der Waals surface area contributed by atoms with E-state index in [0.717, 1.165) is 5.69 Å². The zero-order chi connectivity index (χ0) is 16.8. The van der Waals surface area contributed by atoms with Crippen LogP contribution in [-0.4, -0.2) is 45.5 Å². The van der Waals surface area contributed by atoms with Crippen molar-refractivity contribution in [3.63, 3.8) is 0 Å². The van der Waals surface area contributed by atoms with E-state index in [-0.39, 0.29) is 11.9 Å². The van der Waals surface area contributed by atoms with E-state index in [0.29, 0.717) is 12.1 Å². The number of carbonyl (C=O) groups excluding carboxylic acids is 1. The molecule has 0 spiro atoms. The first kappa shape index (κ1) is 17.0. The van der Waals surface area contributed by atoms with Gasteiger partial charge in [0.1, 0.15) is 0 Å². The summed E-state index contributed by atoms with van der Waals surface area (Å²) in [4.78, 5) is 16.5. The molecule has 0 bridgehead atoms. The number of rotatable bonds is 6. The van der Waals surface area contributed by atoms with E-state index in [2.05, 4.69) is 22.3 Å². The Morgan fingerprint density at radius 1 is 0.957 bits per heavy atom. The summed E-state index contributed by atoms with van der Waals surface area (Å²) in [6.45, 7) is 0.575. The Kier molecular flexibility index (Phi) is 5.77. The first-order valence-electron chi connectivity index (χ1n) is 7.76. The quantitative estimate of drug-likeness (QED) is 0.891. The predicted octanol–water partition coefficient (Wildman–Crippen LogP) is 2.79. The van der Waals surface area contributed by atoms with E-state index in [1.165, 1.54) is 5.56 Å². The maximum atomic E-state index is 12.3. The lowest BCUT2D eigenvalue weighted by molar-refractivity contribution is 0.0942. The molecule has 0 aliphatic heterocycles. The van der Waals surface area contributed by atoms with Crippen molar-refractivity contribution in [3.8, 4) is 0 Å².